The van der Waals surface area contributed by atoms with Crippen molar-refractivity contribution in [1.82, 2.24) is 10.2 Å². The Kier molecular flexibility index (Phi) is 4.28. The highest BCUT2D eigenvalue weighted by atomic mass is 16.5. The predicted octanol–water partition coefficient (Wildman–Crippen LogP) is 4.28. The maximum atomic E-state index is 5.98. The fourth-order valence-electron chi connectivity index (χ4n) is 4.08. The van der Waals surface area contributed by atoms with Crippen molar-refractivity contribution in [2.75, 3.05) is 18.5 Å². The molecule has 1 N–H and O–H groups in total. The zero-order valence-corrected chi connectivity index (χ0v) is 15.1. The Morgan fingerprint density at radius 3 is 2.68 bits per heavy atom. The first-order valence-electron chi connectivity index (χ1n) is 9.33. The van der Waals surface area contributed by atoms with Crippen LogP contribution < -0.4 is 5.32 Å². The van der Waals surface area contributed by atoms with Gasteiger partial charge in [-0.25, -0.2) is 0 Å². The van der Waals surface area contributed by atoms with Crippen LogP contribution in [-0.4, -0.2) is 29.0 Å². The number of hydrogen-bond donors (Lipinski definition) is 1. The minimum Gasteiger partial charge on any atom is -0.408 e. The van der Waals surface area contributed by atoms with E-state index in [2.05, 4.69) is 59.7 Å². The lowest BCUT2D eigenvalue weighted by molar-refractivity contribution is -0.0835. The highest BCUT2D eigenvalue weighted by Gasteiger charge is 2.41. The van der Waals surface area contributed by atoms with Crippen LogP contribution in [0.15, 0.2) is 34.7 Å². The van der Waals surface area contributed by atoms with Crippen molar-refractivity contribution in [3.05, 3.63) is 41.8 Å². The maximum Gasteiger partial charge on any atom is 0.315 e. The summed E-state index contributed by atoms with van der Waals surface area (Å²) in [7, 11) is 0. The van der Waals surface area contributed by atoms with Gasteiger partial charge in [0.15, 0.2) is 0 Å². The average Bonchev–Trinajstić information content (AvgIpc) is 3.34. The molecule has 1 saturated carbocycles. The molecule has 2 aromatic rings. The molecule has 5 nitrogen and oxygen atoms in total. The van der Waals surface area contributed by atoms with E-state index in [0.29, 0.717) is 11.9 Å². The van der Waals surface area contributed by atoms with E-state index in [9.17, 15) is 0 Å². The summed E-state index contributed by atoms with van der Waals surface area (Å²) < 4.78 is 11.7. The van der Waals surface area contributed by atoms with Crippen LogP contribution in [-0.2, 0) is 10.2 Å². The van der Waals surface area contributed by atoms with Crippen molar-refractivity contribution in [2.45, 2.75) is 62.9 Å². The van der Waals surface area contributed by atoms with Crippen LogP contribution in [0, 0.1) is 0 Å². The minimum atomic E-state index is -0.0995. The van der Waals surface area contributed by atoms with Gasteiger partial charge in [-0.05, 0) is 51.5 Å². The standard InChI is InChI=1S/C20H27N3O2/c1-19(2)14-20(11-13-24-19,16-6-4-3-5-7-16)10-12-21-18-23-22-17(25-18)15-8-9-15/h3-7,15H,8-14H2,1-2H3,(H,21,23)/t20-/m0/s1. The first-order chi connectivity index (χ1) is 12.1. The van der Waals surface area contributed by atoms with E-state index >= 15 is 0 Å². The number of aromatic nitrogens is 2. The number of hydrogen-bond acceptors (Lipinski definition) is 5. The zero-order valence-electron chi connectivity index (χ0n) is 15.1. The van der Waals surface area contributed by atoms with Crippen LogP contribution >= 0.6 is 0 Å². The quantitative estimate of drug-likeness (QED) is 0.850. The van der Waals surface area contributed by atoms with Crippen LogP contribution in [0.25, 0.3) is 0 Å². The van der Waals surface area contributed by atoms with E-state index in [1.54, 1.807) is 0 Å². The summed E-state index contributed by atoms with van der Waals surface area (Å²) in [6.45, 7) is 6.00. The molecule has 4 rings (SSSR count). The third-order valence-electron chi connectivity index (χ3n) is 5.47. The normalized spacial score (nSPS) is 25.7. The smallest absolute Gasteiger partial charge is 0.315 e. The van der Waals surface area contributed by atoms with E-state index in [1.165, 1.54) is 18.4 Å². The van der Waals surface area contributed by atoms with Crippen molar-refractivity contribution in [3.8, 4) is 0 Å². The van der Waals surface area contributed by atoms with Gasteiger partial charge in [-0.15, -0.1) is 5.10 Å². The fraction of sp³-hybridized carbons (Fsp3) is 0.600. The van der Waals surface area contributed by atoms with E-state index in [0.717, 1.165) is 38.3 Å². The monoisotopic (exact) mass is 341 g/mol. The molecule has 134 valence electrons. The lowest BCUT2D eigenvalue weighted by atomic mass is 9.67. The second-order valence-corrected chi connectivity index (χ2v) is 8.08. The van der Waals surface area contributed by atoms with E-state index in [4.69, 9.17) is 9.15 Å². The Labute approximate surface area is 149 Å². The average molecular weight is 341 g/mol. The number of nitrogens with one attached hydrogen (secondary N) is 1. The van der Waals surface area contributed by atoms with Gasteiger partial charge in [0.1, 0.15) is 0 Å². The molecule has 1 aromatic carbocycles. The van der Waals surface area contributed by atoms with Crippen molar-refractivity contribution in [3.63, 3.8) is 0 Å². The van der Waals surface area contributed by atoms with Crippen molar-refractivity contribution < 1.29 is 9.15 Å². The van der Waals surface area contributed by atoms with Crippen molar-refractivity contribution >= 4 is 6.01 Å². The molecule has 2 fully saturated rings. The molecule has 5 heteroatoms. The largest absolute Gasteiger partial charge is 0.408 e. The molecule has 1 aromatic heterocycles. The molecular formula is C20H27N3O2. The van der Waals surface area contributed by atoms with Crippen LogP contribution in [0.4, 0.5) is 6.01 Å². The second kappa shape index (κ2) is 6.45. The lowest BCUT2D eigenvalue weighted by Crippen LogP contribution is -2.44. The number of anilines is 1. The fourth-order valence-corrected chi connectivity index (χ4v) is 4.08. The molecule has 2 heterocycles. The van der Waals surface area contributed by atoms with Gasteiger partial charge in [0.25, 0.3) is 0 Å². The summed E-state index contributed by atoms with van der Waals surface area (Å²) in [6.07, 6.45) is 5.43. The predicted molar refractivity (Wildman–Crippen MR) is 96.8 cm³/mol. The van der Waals surface area contributed by atoms with Gasteiger partial charge in [0.05, 0.1) is 5.60 Å². The molecule has 0 spiro atoms. The Hall–Kier alpha value is -1.88. The summed E-state index contributed by atoms with van der Waals surface area (Å²) >= 11 is 0. The van der Waals surface area contributed by atoms with Gasteiger partial charge in [-0.1, -0.05) is 35.4 Å². The van der Waals surface area contributed by atoms with Gasteiger partial charge in [-0.2, -0.15) is 0 Å². The number of benzene rings is 1. The van der Waals surface area contributed by atoms with Crippen LogP contribution in [0.2, 0.25) is 0 Å². The Balaban J connectivity index is 1.46. The third kappa shape index (κ3) is 3.71. The minimum absolute atomic E-state index is 0.0995. The van der Waals surface area contributed by atoms with Gasteiger partial charge >= 0.3 is 6.01 Å². The summed E-state index contributed by atoms with van der Waals surface area (Å²) in [4.78, 5) is 0. The molecule has 0 bridgehead atoms. The van der Waals surface area contributed by atoms with Gasteiger partial charge in [0, 0.05) is 24.5 Å². The molecule has 0 unspecified atom stereocenters. The molecule has 1 aliphatic heterocycles. The van der Waals surface area contributed by atoms with E-state index in [-0.39, 0.29) is 11.0 Å². The Morgan fingerprint density at radius 2 is 1.96 bits per heavy atom. The van der Waals surface area contributed by atoms with E-state index < -0.39 is 0 Å². The zero-order chi connectivity index (χ0) is 17.3. The summed E-state index contributed by atoms with van der Waals surface area (Å²) in [5, 5.41) is 11.6. The highest BCUT2D eigenvalue weighted by Crippen LogP contribution is 2.44. The first-order valence-corrected chi connectivity index (χ1v) is 9.33. The Bertz CT molecular complexity index is 709. The van der Waals surface area contributed by atoms with Crippen LogP contribution in [0.5, 0.6) is 0 Å². The molecule has 1 saturated heterocycles. The van der Waals surface area contributed by atoms with Crippen LogP contribution in [0.1, 0.15) is 63.3 Å². The molecule has 2 aliphatic rings. The third-order valence-corrected chi connectivity index (χ3v) is 5.47. The number of ether oxygens (including phenoxy) is 1. The van der Waals surface area contributed by atoms with Gasteiger partial charge < -0.3 is 14.5 Å². The SMILES string of the molecule is CC1(C)C[C@@](CCNc2nnc(C3CC3)o2)(c2ccccc2)CCO1. The number of nitrogens with zero attached hydrogens (tertiary/aromatic N) is 2. The molecule has 1 atom stereocenters. The van der Waals surface area contributed by atoms with Crippen LogP contribution in [0.3, 0.4) is 0 Å². The maximum absolute atomic E-state index is 5.98. The highest BCUT2D eigenvalue weighted by molar-refractivity contribution is 5.28. The van der Waals surface area contributed by atoms with Gasteiger partial charge in [-0.3, -0.25) is 0 Å². The van der Waals surface area contributed by atoms with E-state index in [1.807, 2.05) is 0 Å². The molecule has 0 amide bonds. The molecule has 0 radical (unpaired) electrons. The summed E-state index contributed by atoms with van der Waals surface area (Å²) in [5.74, 6) is 1.28. The topological polar surface area (TPSA) is 60.2 Å². The van der Waals surface area contributed by atoms with Crippen molar-refractivity contribution in [2.24, 2.45) is 0 Å². The van der Waals surface area contributed by atoms with Gasteiger partial charge in [0.2, 0.25) is 5.89 Å². The molecule has 25 heavy (non-hydrogen) atoms. The second-order valence-electron chi connectivity index (χ2n) is 8.08. The molecule has 1 aliphatic carbocycles. The Morgan fingerprint density at radius 1 is 1.16 bits per heavy atom. The van der Waals surface area contributed by atoms with Crippen molar-refractivity contribution in [1.29, 1.82) is 0 Å². The first kappa shape index (κ1) is 16.6. The number of rotatable bonds is 6. The summed E-state index contributed by atoms with van der Waals surface area (Å²) in [5.41, 5.74) is 1.42. The summed E-state index contributed by atoms with van der Waals surface area (Å²) in [6, 6.07) is 11.4. The lowest BCUT2D eigenvalue weighted by Gasteiger charge is -2.45. The molecular weight excluding hydrogens is 314 g/mol.